The molecule has 1 aliphatic rings. The first-order valence-electron chi connectivity index (χ1n) is 8.65. The van der Waals surface area contributed by atoms with E-state index in [1.807, 2.05) is 42.6 Å². The van der Waals surface area contributed by atoms with Crippen LogP contribution in [0.4, 0.5) is 5.13 Å². The number of thiazole rings is 1. The second-order valence-corrected chi connectivity index (χ2v) is 7.79. The van der Waals surface area contributed by atoms with Crippen molar-refractivity contribution in [3.63, 3.8) is 0 Å². The van der Waals surface area contributed by atoms with Crippen LogP contribution in [0.1, 0.15) is 24.1 Å². The highest BCUT2D eigenvalue weighted by molar-refractivity contribution is 7.13. The molecular formula is C19H26N4OS. The Bertz CT molecular complexity index is 705. The van der Waals surface area contributed by atoms with Crippen LogP contribution in [0.5, 0.6) is 0 Å². The lowest BCUT2D eigenvalue weighted by molar-refractivity contribution is -0.128. The molecule has 1 saturated heterocycles. The molecule has 1 aliphatic heterocycles. The molecule has 1 aromatic carbocycles. The van der Waals surface area contributed by atoms with Crippen LogP contribution in [0.25, 0.3) is 0 Å². The third-order valence-electron chi connectivity index (χ3n) is 4.95. The molecule has 2 heterocycles. The number of carbonyl (C=O) groups is 1. The van der Waals surface area contributed by atoms with Crippen LogP contribution in [-0.2, 0) is 16.8 Å². The van der Waals surface area contributed by atoms with E-state index < -0.39 is 5.41 Å². The molecule has 0 aliphatic carbocycles. The average Bonchev–Trinajstić information content (AvgIpc) is 3.11. The number of hydrogen-bond donors (Lipinski definition) is 1. The summed E-state index contributed by atoms with van der Waals surface area (Å²) in [5.41, 5.74) is 1.60. The molecule has 1 fully saturated rings. The first-order chi connectivity index (χ1) is 12.0. The first kappa shape index (κ1) is 17.9. The van der Waals surface area contributed by atoms with Crippen LogP contribution in [0.3, 0.4) is 0 Å². The van der Waals surface area contributed by atoms with Crippen molar-refractivity contribution in [1.29, 1.82) is 0 Å². The Morgan fingerprint density at radius 1 is 1.28 bits per heavy atom. The van der Waals surface area contributed by atoms with Gasteiger partial charge in [0.05, 0.1) is 17.7 Å². The molecule has 25 heavy (non-hydrogen) atoms. The van der Waals surface area contributed by atoms with Gasteiger partial charge in [0.1, 0.15) is 0 Å². The summed E-state index contributed by atoms with van der Waals surface area (Å²) in [6.45, 7) is 2.35. The van der Waals surface area contributed by atoms with Crippen molar-refractivity contribution in [3.05, 3.63) is 47.0 Å². The molecule has 1 amide bonds. The molecule has 6 heteroatoms. The third-order valence-corrected chi connectivity index (χ3v) is 6.01. The number of anilines is 1. The van der Waals surface area contributed by atoms with E-state index in [1.54, 1.807) is 11.3 Å². The Hall–Kier alpha value is -1.92. The molecule has 0 unspecified atom stereocenters. The fourth-order valence-corrected chi connectivity index (χ4v) is 4.09. The summed E-state index contributed by atoms with van der Waals surface area (Å²) >= 11 is 1.60. The number of amides is 1. The fraction of sp³-hybridized carbons (Fsp3) is 0.474. The number of rotatable bonds is 5. The van der Waals surface area contributed by atoms with Crippen LogP contribution in [0.15, 0.2) is 35.7 Å². The highest BCUT2D eigenvalue weighted by atomic mass is 32.1. The van der Waals surface area contributed by atoms with Crippen LogP contribution < -0.4 is 10.2 Å². The molecule has 0 atom stereocenters. The maximum atomic E-state index is 13.2. The molecule has 3 rings (SSSR count). The van der Waals surface area contributed by atoms with E-state index in [-0.39, 0.29) is 5.91 Å². The Morgan fingerprint density at radius 3 is 2.56 bits per heavy atom. The summed E-state index contributed by atoms with van der Waals surface area (Å²) in [5, 5.41) is 6.12. The SMILES string of the molecule is CN1CCC(C(=O)NCc2csc(N(C)C)n2)(c2ccccc2)CC1. The van der Waals surface area contributed by atoms with Gasteiger partial charge in [0.25, 0.3) is 0 Å². The summed E-state index contributed by atoms with van der Waals surface area (Å²) < 4.78 is 0. The molecule has 2 aromatic rings. The zero-order valence-corrected chi connectivity index (χ0v) is 16.0. The smallest absolute Gasteiger partial charge is 0.231 e. The molecule has 5 nitrogen and oxygen atoms in total. The number of piperidine rings is 1. The van der Waals surface area contributed by atoms with Crippen molar-refractivity contribution in [2.45, 2.75) is 24.8 Å². The Balaban J connectivity index is 1.75. The van der Waals surface area contributed by atoms with E-state index >= 15 is 0 Å². The minimum Gasteiger partial charge on any atom is -0.354 e. The summed E-state index contributed by atoms with van der Waals surface area (Å²) in [6, 6.07) is 10.2. The lowest BCUT2D eigenvalue weighted by Crippen LogP contribution is -2.50. The predicted molar refractivity (Wildman–Crippen MR) is 103 cm³/mol. The van der Waals surface area contributed by atoms with E-state index in [9.17, 15) is 4.79 Å². The van der Waals surface area contributed by atoms with Crippen molar-refractivity contribution in [2.24, 2.45) is 0 Å². The second-order valence-electron chi connectivity index (χ2n) is 6.95. The second kappa shape index (κ2) is 7.54. The number of carbonyl (C=O) groups excluding carboxylic acids is 1. The fourth-order valence-electron chi connectivity index (χ4n) is 3.33. The van der Waals surface area contributed by atoms with Crippen LogP contribution in [0.2, 0.25) is 0 Å². The van der Waals surface area contributed by atoms with Gasteiger partial charge >= 0.3 is 0 Å². The molecule has 1 N–H and O–H groups in total. The minimum absolute atomic E-state index is 0.117. The van der Waals surface area contributed by atoms with Gasteiger partial charge in [-0.2, -0.15) is 0 Å². The predicted octanol–water partition coefficient (Wildman–Crippen LogP) is 2.49. The number of likely N-dealkylation sites (tertiary alicyclic amines) is 1. The van der Waals surface area contributed by atoms with Crippen LogP contribution in [0, 0.1) is 0 Å². The van der Waals surface area contributed by atoms with Gasteiger partial charge in [0.2, 0.25) is 5.91 Å². The normalized spacial score (nSPS) is 17.2. The number of aromatic nitrogens is 1. The quantitative estimate of drug-likeness (QED) is 0.892. The number of nitrogens with zero attached hydrogens (tertiary/aromatic N) is 3. The third kappa shape index (κ3) is 3.85. The molecular weight excluding hydrogens is 332 g/mol. The average molecular weight is 359 g/mol. The van der Waals surface area contributed by atoms with Crippen molar-refractivity contribution in [2.75, 3.05) is 39.1 Å². The molecule has 0 bridgehead atoms. The topological polar surface area (TPSA) is 48.5 Å². The van der Waals surface area contributed by atoms with Gasteiger partial charge in [-0.15, -0.1) is 11.3 Å². The van der Waals surface area contributed by atoms with Gasteiger partial charge in [-0.05, 0) is 38.5 Å². The Labute approximate surface area is 153 Å². The molecule has 0 saturated carbocycles. The molecule has 134 valence electrons. The van der Waals surface area contributed by atoms with Crippen molar-refractivity contribution >= 4 is 22.4 Å². The monoisotopic (exact) mass is 358 g/mol. The zero-order chi connectivity index (χ0) is 17.9. The van der Waals surface area contributed by atoms with Gasteiger partial charge in [-0.1, -0.05) is 30.3 Å². The van der Waals surface area contributed by atoms with E-state index in [0.717, 1.165) is 42.3 Å². The number of benzene rings is 1. The van der Waals surface area contributed by atoms with Gasteiger partial charge in [0, 0.05) is 19.5 Å². The van der Waals surface area contributed by atoms with Crippen LogP contribution in [-0.4, -0.2) is 50.0 Å². The standard InChI is InChI=1S/C19H26N4OS/c1-22(2)18-21-16(14-25-18)13-20-17(24)19(9-11-23(3)12-10-19)15-7-5-4-6-8-15/h4-8,14H,9-13H2,1-3H3,(H,20,24). The summed E-state index contributed by atoms with van der Waals surface area (Å²) in [5.74, 6) is 0.117. The largest absolute Gasteiger partial charge is 0.354 e. The van der Waals surface area contributed by atoms with Crippen molar-refractivity contribution < 1.29 is 4.79 Å². The first-order valence-corrected chi connectivity index (χ1v) is 9.53. The summed E-state index contributed by atoms with van der Waals surface area (Å²) in [6.07, 6.45) is 1.69. The maximum Gasteiger partial charge on any atom is 0.231 e. The Kier molecular flexibility index (Phi) is 5.39. The van der Waals surface area contributed by atoms with Gasteiger partial charge in [-0.3, -0.25) is 4.79 Å². The van der Waals surface area contributed by atoms with E-state index in [2.05, 4.69) is 34.4 Å². The molecule has 0 spiro atoms. The van der Waals surface area contributed by atoms with Gasteiger partial charge in [0.15, 0.2) is 5.13 Å². The van der Waals surface area contributed by atoms with Crippen molar-refractivity contribution in [1.82, 2.24) is 15.2 Å². The van der Waals surface area contributed by atoms with Crippen LogP contribution >= 0.6 is 11.3 Å². The molecule has 1 aromatic heterocycles. The van der Waals surface area contributed by atoms with Crippen molar-refractivity contribution in [3.8, 4) is 0 Å². The summed E-state index contributed by atoms with van der Waals surface area (Å²) in [4.78, 5) is 22.0. The summed E-state index contributed by atoms with van der Waals surface area (Å²) in [7, 11) is 6.07. The molecule has 0 radical (unpaired) electrons. The van der Waals surface area contributed by atoms with E-state index in [4.69, 9.17) is 0 Å². The lowest BCUT2D eigenvalue weighted by atomic mass is 9.72. The lowest BCUT2D eigenvalue weighted by Gasteiger charge is -2.39. The number of nitrogens with one attached hydrogen (secondary N) is 1. The van der Waals surface area contributed by atoms with E-state index in [0.29, 0.717) is 6.54 Å². The maximum absolute atomic E-state index is 13.2. The van der Waals surface area contributed by atoms with E-state index in [1.165, 1.54) is 0 Å². The van der Waals surface area contributed by atoms with Gasteiger partial charge < -0.3 is 15.1 Å². The highest BCUT2D eigenvalue weighted by Gasteiger charge is 2.42. The van der Waals surface area contributed by atoms with Gasteiger partial charge in [-0.25, -0.2) is 4.98 Å². The minimum atomic E-state index is -0.436. The highest BCUT2D eigenvalue weighted by Crippen LogP contribution is 2.35. The zero-order valence-electron chi connectivity index (χ0n) is 15.2. The number of hydrogen-bond acceptors (Lipinski definition) is 5. The Morgan fingerprint density at radius 2 is 1.96 bits per heavy atom.